The van der Waals surface area contributed by atoms with E-state index in [0.29, 0.717) is 6.04 Å². The molecular formula is C19H24NO3+. The quantitative estimate of drug-likeness (QED) is 0.803. The standard InChI is InChI=1S/C19H24NO3/c1-21-17-7-6-15-13(17)4-5-16-14-11-19(23-3)18(22-2)10-12(14)8-9-20(15)16/h10-11,16H,4-9H2,1-3H3/q+1. The summed E-state index contributed by atoms with van der Waals surface area (Å²) in [6.07, 6.45) is 5.51. The highest BCUT2D eigenvalue weighted by molar-refractivity contribution is 5.99. The zero-order valence-electron chi connectivity index (χ0n) is 14.1. The third-order valence-electron chi connectivity index (χ3n) is 5.54. The monoisotopic (exact) mass is 314 g/mol. The topological polar surface area (TPSA) is 30.7 Å². The first kappa shape index (κ1) is 14.6. The van der Waals surface area contributed by atoms with Gasteiger partial charge in [0.05, 0.1) is 26.9 Å². The lowest BCUT2D eigenvalue weighted by molar-refractivity contribution is -0.580. The maximum Gasteiger partial charge on any atom is 0.183 e. The second-order valence-corrected chi connectivity index (χ2v) is 6.46. The van der Waals surface area contributed by atoms with Gasteiger partial charge in [-0.05, 0) is 24.1 Å². The van der Waals surface area contributed by atoms with Crippen LogP contribution in [0, 0.1) is 0 Å². The normalized spacial score (nSPS) is 22.5. The van der Waals surface area contributed by atoms with Gasteiger partial charge in [0.15, 0.2) is 23.3 Å². The van der Waals surface area contributed by atoms with Crippen molar-refractivity contribution in [3.8, 4) is 11.5 Å². The molecule has 4 nitrogen and oxygen atoms in total. The van der Waals surface area contributed by atoms with Gasteiger partial charge >= 0.3 is 0 Å². The lowest BCUT2D eigenvalue weighted by Crippen LogP contribution is -2.35. The number of fused-ring (bicyclic) bond motifs is 4. The molecule has 0 spiro atoms. The molecule has 1 atom stereocenters. The Morgan fingerprint density at radius 2 is 1.70 bits per heavy atom. The predicted molar refractivity (Wildman–Crippen MR) is 88.6 cm³/mol. The fourth-order valence-electron chi connectivity index (χ4n) is 4.46. The van der Waals surface area contributed by atoms with Crippen LogP contribution in [-0.4, -0.2) is 38.2 Å². The van der Waals surface area contributed by atoms with Gasteiger partial charge in [-0.3, -0.25) is 0 Å². The first-order chi connectivity index (χ1) is 11.3. The molecule has 0 saturated heterocycles. The molecule has 0 radical (unpaired) electrons. The van der Waals surface area contributed by atoms with Gasteiger partial charge in [-0.25, -0.2) is 4.58 Å². The molecule has 4 heteroatoms. The zero-order valence-corrected chi connectivity index (χ0v) is 14.1. The van der Waals surface area contributed by atoms with E-state index in [9.17, 15) is 0 Å². The molecule has 2 heterocycles. The lowest BCUT2D eigenvalue weighted by Gasteiger charge is -2.30. The van der Waals surface area contributed by atoms with Crippen LogP contribution in [0.15, 0.2) is 23.5 Å². The second kappa shape index (κ2) is 5.59. The highest BCUT2D eigenvalue weighted by Gasteiger charge is 2.42. The Balaban J connectivity index is 1.81. The van der Waals surface area contributed by atoms with Gasteiger partial charge in [0, 0.05) is 31.2 Å². The lowest BCUT2D eigenvalue weighted by atomic mass is 9.85. The van der Waals surface area contributed by atoms with Crippen molar-refractivity contribution in [3.63, 3.8) is 0 Å². The fourth-order valence-corrected chi connectivity index (χ4v) is 4.46. The van der Waals surface area contributed by atoms with Crippen molar-refractivity contribution in [1.82, 2.24) is 0 Å². The van der Waals surface area contributed by atoms with Crippen molar-refractivity contribution in [2.24, 2.45) is 0 Å². The van der Waals surface area contributed by atoms with Crippen molar-refractivity contribution in [2.45, 2.75) is 38.1 Å². The largest absolute Gasteiger partial charge is 0.501 e. The van der Waals surface area contributed by atoms with Crippen LogP contribution in [0.1, 0.15) is 42.9 Å². The van der Waals surface area contributed by atoms with E-state index < -0.39 is 0 Å². The number of rotatable bonds is 3. The highest BCUT2D eigenvalue weighted by Crippen LogP contribution is 2.43. The van der Waals surface area contributed by atoms with Gasteiger partial charge in [0.1, 0.15) is 12.3 Å². The van der Waals surface area contributed by atoms with Gasteiger partial charge in [0.2, 0.25) is 0 Å². The van der Waals surface area contributed by atoms with Gasteiger partial charge in [-0.2, -0.15) is 0 Å². The van der Waals surface area contributed by atoms with E-state index in [-0.39, 0.29) is 0 Å². The molecule has 1 aromatic carbocycles. The number of allylic oxidation sites excluding steroid dienone is 2. The molecule has 1 aliphatic carbocycles. The molecular weight excluding hydrogens is 290 g/mol. The van der Waals surface area contributed by atoms with Crippen LogP contribution in [0.5, 0.6) is 11.5 Å². The molecule has 1 aromatic rings. The molecule has 0 N–H and O–H groups in total. The third-order valence-corrected chi connectivity index (χ3v) is 5.54. The van der Waals surface area contributed by atoms with Crippen LogP contribution in [0.25, 0.3) is 0 Å². The van der Waals surface area contributed by atoms with Crippen LogP contribution in [0.2, 0.25) is 0 Å². The summed E-state index contributed by atoms with van der Waals surface area (Å²) in [6.45, 7) is 1.09. The number of hydrogen-bond acceptors (Lipinski definition) is 3. The first-order valence-electron chi connectivity index (χ1n) is 8.40. The number of benzene rings is 1. The summed E-state index contributed by atoms with van der Waals surface area (Å²) in [5.74, 6) is 2.88. The second-order valence-electron chi connectivity index (χ2n) is 6.46. The van der Waals surface area contributed by atoms with Gasteiger partial charge in [-0.1, -0.05) is 0 Å². The van der Waals surface area contributed by atoms with E-state index in [1.54, 1.807) is 21.3 Å². The van der Waals surface area contributed by atoms with Crippen LogP contribution < -0.4 is 9.47 Å². The molecule has 0 aromatic heterocycles. The van der Waals surface area contributed by atoms with Crippen LogP contribution in [0.4, 0.5) is 0 Å². The number of nitrogens with zero attached hydrogens (tertiary/aromatic N) is 1. The molecule has 0 bridgehead atoms. The fraction of sp³-hybridized carbons (Fsp3) is 0.526. The summed E-state index contributed by atoms with van der Waals surface area (Å²) < 4.78 is 19.2. The predicted octanol–water partition coefficient (Wildman–Crippen LogP) is 3.24. The summed E-state index contributed by atoms with van der Waals surface area (Å²) in [4.78, 5) is 0. The maximum atomic E-state index is 5.59. The minimum Gasteiger partial charge on any atom is -0.501 e. The van der Waals surface area contributed by atoms with E-state index in [4.69, 9.17) is 14.2 Å². The maximum absolute atomic E-state index is 5.59. The summed E-state index contributed by atoms with van der Waals surface area (Å²) in [5, 5.41) is 0. The van der Waals surface area contributed by atoms with Crippen molar-refractivity contribution in [2.75, 3.05) is 27.9 Å². The Hall–Kier alpha value is -1.97. The highest BCUT2D eigenvalue weighted by atomic mass is 16.5. The smallest absolute Gasteiger partial charge is 0.183 e. The molecule has 2 aliphatic heterocycles. The van der Waals surface area contributed by atoms with Crippen LogP contribution in [-0.2, 0) is 11.2 Å². The average molecular weight is 314 g/mol. The molecule has 122 valence electrons. The Kier molecular flexibility index (Phi) is 3.55. The minimum absolute atomic E-state index is 0.466. The Labute approximate surface area is 137 Å². The zero-order chi connectivity index (χ0) is 16.0. The average Bonchev–Trinajstić information content (AvgIpc) is 3.03. The number of ether oxygens (including phenoxy) is 3. The minimum atomic E-state index is 0.466. The Morgan fingerprint density at radius 1 is 0.913 bits per heavy atom. The van der Waals surface area contributed by atoms with E-state index in [1.165, 1.54) is 28.2 Å². The molecule has 23 heavy (non-hydrogen) atoms. The van der Waals surface area contributed by atoms with Crippen molar-refractivity contribution < 1.29 is 18.8 Å². The first-order valence-corrected chi connectivity index (χ1v) is 8.40. The van der Waals surface area contributed by atoms with E-state index >= 15 is 0 Å². The summed E-state index contributed by atoms with van der Waals surface area (Å²) in [5.41, 5.74) is 5.79. The number of methoxy groups -OCH3 is 3. The van der Waals surface area contributed by atoms with E-state index in [1.807, 2.05) is 0 Å². The number of hydrogen-bond donors (Lipinski definition) is 0. The van der Waals surface area contributed by atoms with E-state index in [0.717, 1.165) is 50.1 Å². The molecule has 0 saturated carbocycles. The summed E-state index contributed by atoms with van der Waals surface area (Å²) in [6, 6.07) is 4.82. The molecule has 4 rings (SSSR count). The molecule has 0 amide bonds. The van der Waals surface area contributed by atoms with Gasteiger partial charge in [0.25, 0.3) is 0 Å². The summed E-state index contributed by atoms with van der Waals surface area (Å²) in [7, 11) is 5.22. The molecule has 3 aliphatic rings. The Bertz CT molecular complexity index is 718. The van der Waals surface area contributed by atoms with Gasteiger partial charge in [-0.15, -0.1) is 0 Å². The van der Waals surface area contributed by atoms with Crippen molar-refractivity contribution in [3.05, 3.63) is 34.6 Å². The molecule has 1 unspecified atom stereocenters. The van der Waals surface area contributed by atoms with Crippen LogP contribution in [0.3, 0.4) is 0 Å². The third kappa shape index (κ3) is 2.15. The van der Waals surface area contributed by atoms with Crippen molar-refractivity contribution >= 4 is 5.71 Å². The Morgan fingerprint density at radius 3 is 2.43 bits per heavy atom. The molecule has 0 fully saturated rings. The summed E-state index contributed by atoms with van der Waals surface area (Å²) >= 11 is 0. The van der Waals surface area contributed by atoms with Crippen molar-refractivity contribution in [1.29, 1.82) is 0 Å². The van der Waals surface area contributed by atoms with E-state index in [2.05, 4.69) is 16.7 Å². The van der Waals surface area contributed by atoms with Gasteiger partial charge < -0.3 is 14.2 Å². The van der Waals surface area contributed by atoms with Crippen LogP contribution >= 0.6 is 0 Å². The SMILES string of the molecule is COC1=C2CCC3c4cc(OC)c(OC)cc4CC[N+]3=C2CC1.